The quantitative estimate of drug-likeness (QED) is 0.781. The Morgan fingerprint density at radius 3 is 2.44 bits per heavy atom. The lowest BCUT2D eigenvalue weighted by atomic mass is 10.0. The second-order valence-electron chi connectivity index (χ2n) is 5.70. The van der Waals surface area contributed by atoms with E-state index in [9.17, 15) is 31.9 Å². The minimum absolute atomic E-state index is 0.117. The second-order valence-corrected chi connectivity index (χ2v) is 7.62. The second kappa shape index (κ2) is 7.87. The van der Waals surface area contributed by atoms with Crippen molar-refractivity contribution in [3.05, 3.63) is 24.3 Å². The fraction of sp³-hybridized carbons (Fsp3) is 0.467. The van der Waals surface area contributed by atoms with Crippen LogP contribution in [0.25, 0.3) is 0 Å². The van der Waals surface area contributed by atoms with Crippen LogP contribution in [0, 0.1) is 0 Å². The lowest BCUT2D eigenvalue weighted by Gasteiger charge is -2.32. The van der Waals surface area contributed by atoms with Gasteiger partial charge in [-0.1, -0.05) is 6.42 Å². The summed E-state index contributed by atoms with van der Waals surface area (Å²) >= 11 is 0. The van der Waals surface area contributed by atoms with Crippen molar-refractivity contribution in [2.45, 2.75) is 36.0 Å². The Balaban J connectivity index is 2.00. The highest BCUT2D eigenvalue weighted by molar-refractivity contribution is 7.91. The molecule has 0 saturated carbocycles. The Morgan fingerprint density at radius 2 is 1.88 bits per heavy atom. The number of rotatable bonds is 6. The monoisotopic (exact) mass is 376 g/mol. The number of nitrogens with one attached hydrogen (secondary N) is 1. The van der Waals surface area contributed by atoms with Gasteiger partial charge in [0.25, 0.3) is 0 Å². The van der Waals surface area contributed by atoms with Crippen molar-refractivity contribution in [1.82, 2.24) is 4.90 Å². The first kappa shape index (κ1) is 19.3. The number of likely N-dealkylation sites (tertiary alicyclic amines) is 1. The Morgan fingerprint density at radius 1 is 1.24 bits per heavy atom. The Labute approximate surface area is 143 Å². The number of benzene rings is 1. The van der Waals surface area contributed by atoms with E-state index in [-0.39, 0.29) is 12.2 Å². The fourth-order valence-electron chi connectivity index (χ4n) is 2.68. The zero-order valence-corrected chi connectivity index (χ0v) is 14.0. The normalized spacial score (nSPS) is 18.9. The largest absolute Gasteiger partial charge is 0.480 e. The highest BCUT2D eigenvalue weighted by Gasteiger charge is 2.30. The van der Waals surface area contributed by atoms with Gasteiger partial charge in [0.15, 0.2) is 0 Å². The maximum absolute atomic E-state index is 12.5. The van der Waals surface area contributed by atoms with Crippen LogP contribution in [-0.2, 0) is 19.4 Å². The van der Waals surface area contributed by atoms with E-state index in [1.54, 1.807) is 4.90 Å². The summed E-state index contributed by atoms with van der Waals surface area (Å²) in [5, 5.41) is 11.7. The summed E-state index contributed by atoms with van der Waals surface area (Å²) in [6.07, 6.45) is 2.06. The summed E-state index contributed by atoms with van der Waals surface area (Å²) < 4.78 is 47.6. The van der Waals surface area contributed by atoms with Crippen molar-refractivity contribution in [1.29, 1.82) is 0 Å². The summed E-state index contributed by atoms with van der Waals surface area (Å²) in [5.74, 6) is -4.95. The first-order valence-electron chi connectivity index (χ1n) is 7.60. The minimum Gasteiger partial charge on any atom is -0.480 e. The lowest BCUT2D eigenvalue weighted by molar-refractivity contribution is -0.145. The molecule has 0 spiro atoms. The molecule has 10 heteroatoms. The summed E-state index contributed by atoms with van der Waals surface area (Å²) in [7, 11) is -4.68. The van der Waals surface area contributed by atoms with Crippen molar-refractivity contribution in [2.24, 2.45) is 0 Å². The average molecular weight is 376 g/mol. The number of piperidine rings is 1. The van der Waals surface area contributed by atoms with Gasteiger partial charge in [-0.2, -0.15) is 8.78 Å². The molecule has 1 aromatic rings. The topological polar surface area (TPSA) is 104 Å². The van der Waals surface area contributed by atoms with E-state index >= 15 is 0 Å². The van der Waals surface area contributed by atoms with Gasteiger partial charge >= 0.3 is 11.7 Å². The van der Waals surface area contributed by atoms with Crippen LogP contribution in [0.1, 0.15) is 19.3 Å². The van der Waals surface area contributed by atoms with Crippen LogP contribution in [0.3, 0.4) is 0 Å². The van der Waals surface area contributed by atoms with Crippen LogP contribution in [-0.4, -0.2) is 55.2 Å². The van der Waals surface area contributed by atoms with E-state index in [1.165, 1.54) is 12.1 Å². The molecule has 138 valence electrons. The van der Waals surface area contributed by atoms with Crippen LogP contribution in [0.2, 0.25) is 0 Å². The Kier molecular flexibility index (Phi) is 6.07. The molecule has 1 aliphatic rings. The fourth-order valence-corrected chi connectivity index (χ4v) is 3.40. The molecule has 1 heterocycles. The van der Waals surface area contributed by atoms with Crippen LogP contribution >= 0.6 is 0 Å². The zero-order valence-electron chi connectivity index (χ0n) is 13.2. The van der Waals surface area contributed by atoms with Gasteiger partial charge in [0.1, 0.15) is 6.04 Å². The number of hydrogen-bond donors (Lipinski definition) is 2. The van der Waals surface area contributed by atoms with Crippen molar-refractivity contribution in [2.75, 3.05) is 18.4 Å². The molecule has 2 N–H and O–H groups in total. The number of alkyl halides is 2. The molecular formula is C15H18F2N2O5S. The highest BCUT2D eigenvalue weighted by atomic mass is 32.2. The van der Waals surface area contributed by atoms with Crippen LogP contribution in [0.4, 0.5) is 14.5 Å². The number of hydrogen-bond acceptors (Lipinski definition) is 5. The lowest BCUT2D eigenvalue weighted by Crippen LogP contribution is -2.47. The molecule has 1 aliphatic heterocycles. The molecule has 7 nitrogen and oxygen atoms in total. The van der Waals surface area contributed by atoms with E-state index in [4.69, 9.17) is 0 Å². The van der Waals surface area contributed by atoms with Gasteiger partial charge in [-0.15, -0.1) is 0 Å². The molecule has 1 aromatic carbocycles. The van der Waals surface area contributed by atoms with E-state index < -0.39 is 38.4 Å². The van der Waals surface area contributed by atoms with Crippen molar-refractivity contribution >= 4 is 27.4 Å². The molecule has 1 amide bonds. The SMILES string of the molecule is O=C(CN1CCCCC1C(=O)O)Nc1ccc(S(=O)(=O)C(F)F)cc1. The molecule has 2 rings (SSSR count). The molecule has 0 aromatic heterocycles. The number of carbonyl (C=O) groups is 2. The third kappa shape index (κ3) is 4.73. The van der Waals surface area contributed by atoms with E-state index in [0.717, 1.165) is 25.0 Å². The van der Waals surface area contributed by atoms with E-state index in [2.05, 4.69) is 5.32 Å². The van der Waals surface area contributed by atoms with Gasteiger partial charge in [-0.05, 0) is 43.7 Å². The first-order valence-corrected chi connectivity index (χ1v) is 9.15. The van der Waals surface area contributed by atoms with E-state index in [1.807, 2.05) is 0 Å². The van der Waals surface area contributed by atoms with Crippen molar-refractivity contribution in [3.8, 4) is 0 Å². The molecule has 1 atom stereocenters. The number of anilines is 1. The summed E-state index contributed by atoms with van der Waals surface area (Å²) in [4.78, 5) is 24.3. The molecular weight excluding hydrogens is 358 g/mol. The number of carboxylic acids is 1. The smallest absolute Gasteiger partial charge is 0.341 e. The van der Waals surface area contributed by atoms with Gasteiger partial charge in [-0.3, -0.25) is 14.5 Å². The predicted octanol–water partition coefficient (Wildman–Crippen LogP) is 1.56. The van der Waals surface area contributed by atoms with E-state index in [0.29, 0.717) is 13.0 Å². The van der Waals surface area contributed by atoms with Crippen LogP contribution in [0.15, 0.2) is 29.2 Å². The van der Waals surface area contributed by atoms with Gasteiger partial charge in [0.05, 0.1) is 11.4 Å². The third-order valence-electron chi connectivity index (χ3n) is 3.95. The maximum Gasteiger partial charge on any atom is 0.341 e. The number of nitrogens with zero attached hydrogens (tertiary/aromatic N) is 1. The molecule has 1 saturated heterocycles. The minimum atomic E-state index is -4.68. The van der Waals surface area contributed by atoms with Gasteiger partial charge in [0, 0.05) is 5.69 Å². The average Bonchev–Trinajstić information content (AvgIpc) is 2.55. The number of aliphatic carboxylic acids is 1. The Hall–Kier alpha value is -2.07. The van der Waals surface area contributed by atoms with Gasteiger partial charge in [0.2, 0.25) is 15.7 Å². The number of amides is 1. The number of carboxylic acid groups (broad SMARTS) is 1. The van der Waals surface area contributed by atoms with Crippen molar-refractivity contribution < 1.29 is 31.9 Å². The summed E-state index contributed by atoms with van der Waals surface area (Å²) in [5.41, 5.74) is 0.238. The number of carbonyl (C=O) groups excluding carboxylic acids is 1. The zero-order chi connectivity index (χ0) is 18.6. The van der Waals surface area contributed by atoms with Crippen LogP contribution in [0.5, 0.6) is 0 Å². The molecule has 25 heavy (non-hydrogen) atoms. The molecule has 0 radical (unpaired) electrons. The molecule has 0 aliphatic carbocycles. The third-order valence-corrected chi connectivity index (χ3v) is 5.34. The number of sulfone groups is 1. The maximum atomic E-state index is 12.5. The molecule has 0 bridgehead atoms. The first-order chi connectivity index (χ1) is 11.7. The van der Waals surface area contributed by atoms with Gasteiger partial charge in [-0.25, -0.2) is 8.42 Å². The Bertz CT molecular complexity index is 737. The van der Waals surface area contributed by atoms with Gasteiger partial charge < -0.3 is 10.4 Å². The molecule has 1 fully saturated rings. The molecule has 1 unspecified atom stereocenters. The van der Waals surface area contributed by atoms with Crippen molar-refractivity contribution in [3.63, 3.8) is 0 Å². The summed E-state index contributed by atoms with van der Waals surface area (Å²) in [6.45, 7) is 0.379. The standard InChI is InChI=1S/C15H18F2N2O5S/c16-15(17)25(23,24)11-6-4-10(5-7-11)18-13(20)9-19-8-2-1-3-12(19)14(21)22/h4-7,12,15H,1-3,8-9H2,(H,18,20)(H,21,22). The van der Waals surface area contributed by atoms with Crippen LogP contribution < -0.4 is 5.32 Å². The highest BCUT2D eigenvalue weighted by Crippen LogP contribution is 2.21. The predicted molar refractivity (Wildman–Crippen MR) is 85.1 cm³/mol. The number of halogens is 2. The summed E-state index contributed by atoms with van der Waals surface area (Å²) in [6, 6.07) is 3.67.